The highest BCUT2D eigenvalue weighted by atomic mass is 32.1. The standard InChI is InChI=1S/C23H26N4O3S/c1-16-15-31-23(25-16)18-5-7-21(24-14-18)26-8-10-27(11-9-26)22(28)13-17-4-6-19(29-2)20(12-17)30-3/h4-7,12,14-15H,8-11,13H2,1-3H3. The van der Waals surface area contributed by atoms with Gasteiger partial charge in [-0.2, -0.15) is 0 Å². The smallest absolute Gasteiger partial charge is 0.227 e. The Bertz CT molecular complexity index is 1040. The molecule has 2 aromatic heterocycles. The fourth-order valence-electron chi connectivity index (χ4n) is 3.65. The Labute approximate surface area is 186 Å². The normalized spacial score (nSPS) is 13.9. The van der Waals surface area contributed by atoms with Gasteiger partial charge in [-0.1, -0.05) is 6.07 Å². The van der Waals surface area contributed by atoms with Crippen LogP contribution in [0, 0.1) is 6.92 Å². The number of carbonyl (C=O) groups excluding carboxylic acids is 1. The number of carbonyl (C=O) groups is 1. The zero-order chi connectivity index (χ0) is 21.8. The van der Waals surface area contributed by atoms with Crippen LogP contribution in [0.5, 0.6) is 11.5 Å². The summed E-state index contributed by atoms with van der Waals surface area (Å²) in [5.74, 6) is 2.36. The highest BCUT2D eigenvalue weighted by Crippen LogP contribution is 2.28. The molecule has 31 heavy (non-hydrogen) atoms. The van der Waals surface area contributed by atoms with Gasteiger partial charge >= 0.3 is 0 Å². The van der Waals surface area contributed by atoms with E-state index in [1.807, 2.05) is 47.7 Å². The van der Waals surface area contributed by atoms with Gasteiger partial charge in [-0.3, -0.25) is 4.79 Å². The molecule has 162 valence electrons. The van der Waals surface area contributed by atoms with Crippen LogP contribution in [0.15, 0.2) is 41.9 Å². The van der Waals surface area contributed by atoms with Crippen LogP contribution in [0.25, 0.3) is 10.6 Å². The van der Waals surface area contributed by atoms with Crippen molar-refractivity contribution in [3.8, 4) is 22.1 Å². The molecule has 8 heteroatoms. The van der Waals surface area contributed by atoms with Crippen LogP contribution in [-0.4, -0.2) is 61.2 Å². The Hall–Kier alpha value is -3.13. The average Bonchev–Trinajstić information content (AvgIpc) is 3.25. The van der Waals surface area contributed by atoms with E-state index >= 15 is 0 Å². The monoisotopic (exact) mass is 438 g/mol. The van der Waals surface area contributed by atoms with Crippen molar-refractivity contribution in [3.05, 3.63) is 53.2 Å². The van der Waals surface area contributed by atoms with Gasteiger partial charge in [0, 0.05) is 49.0 Å². The molecule has 0 atom stereocenters. The molecule has 1 aromatic carbocycles. The molecule has 0 spiro atoms. The molecule has 0 aliphatic carbocycles. The highest BCUT2D eigenvalue weighted by molar-refractivity contribution is 7.13. The zero-order valence-electron chi connectivity index (χ0n) is 18.0. The van der Waals surface area contributed by atoms with Crippen LogP contribution in [0.1, 0.15) is 11.3 Å². The summed E-state index contributed by atoms with van der Waals surface area (Å²) in [5, 5.41) is 3.03. The molecule has 1 aliphatic rings. The van der Waals surface area contributed by atoms with Gasteiger partial charge in [-0.05, 0) is 36.8 Å². The van der Waals surface area contributed by atoms with Gasteiger partial charge in [0.2, 0.25) is 5.91 Å². The molecule has 0 radical (unpaired) electrons. The lowest BCUT2D eigenvalue weighted by molar-refractivity contribution is -0.130. The second kappa shape index (κ2) is 9.34. The lowest BCUT2D eigenvalue weighted by Crippen LogP contribution is -2.49. The largest absolute Gasteiger partial charge is 0.493 e. The summed E-state index contributed by atoms with van der Waals surface area (Å²) in [5.41, 5.74) is 2.98. The number of hydrogen-bond acceptors (Lipinski definition) is 7. The molecule has 0 N–H and O–H groups in total. The molecule has 0 bridgehead atoms. The lowest BCUT2D eigenvalue weighted by atomic mass is 10.1. The SMILES string of the molecule is COc1ccc(CC(=O)N2CCN(c3ccc(-c4nc(C)cs4)cn3)CC2)cc1OC. The predicted molar refractivity (Wildman–Crippen MR) is 122 cm³/mol. The quantitative estimate of drug-likeness (QED) is 0.588. The first kappa shape index (κ1) is 21.1. The topological polar surface area (TPSA) is 67.8 Å². The highest BCUT2D eigenvalue weighted by Gasteiger charge is 2.22. The van der Waals surface area contributed by atoms with Gasteiger partial charge in [0.25, 0.3) is 0 Å². The molecular weight excluding hydrogens is 412 g/mol. The van der Waals surface area contributed by atoms with Gasteiger partial charge in [-0.15, -0.1) is 11.3 Å². The van der Waals surface area contributed by atoms with E-state index in [-0.39, 0.29) is 5.91 Å². The average molecular weight is 439 g/mol. The van der Waals surface area contributed by atoms with Gasteiger partial charge in [-0.25, -0.2) is 9.97 Å². The summed E-state index contributed by atoms with van der Waals surface area (Å²) >= 11 is 1.63. The van der Waals surface area contributed by atoms with Gasteiger partial charge in [0.1, 0.15) is 10.8 Å². The minimum Gasteiger partial charge on any atom is -0.493 e. The minimum atomic E-state index is 0.120. The number of anilines is 1. The third kappa shape index (κ3) is 4.80. The van der Waals surface area contributed by atoms with Crippen molar-refractivity contribution in [2.24, 2.45) is 0 Å². The van der Waals surface area contributed by atoms with Gasteiger partial charge in [0.15, 0.2) is 11.5 Å². The van der Waals surface area contributed by atoms with Crippen molar-refractivity contribution >= 4 is 23.1 Å². The van der Waals surface area contributed by atoms with Crippen molar-refractivity contribution < 1.29 is 14.3 Å². The summed E-state index contributed by atoms with van der Waals surface area (Å²) in [6.07, 6.45) is 2.22. The Morgan fingerprint density at radius 3 is 2.45 bits per heavy atom. The molecule has 1 aliphatic heterocycles. The summed E-state index contributed by atoms with van der Waals surface area (Å²) in [7, 11) is 3.20. The molecule has 3 heterocycles. The van der Waals surface area contributed by atoms with Crippen molar-refractivity contribution in [2.75, 3.05) is 45.3 Å². The van der Waals surface area contributed by atoms with Crippen LogP contribution in [0.4, 0.5) is 5.82 Å². The van der Waals surface area contributed by atoms with E-state index in [2.05, 4.69) is 20.9 Å². The number of hydrogen-bond donors (Lipinski definition) is 0. The minimum absolute atomic E-state index is 0.120. The molecule has 3 aromatic rings. The maximum absolute atomic E-state index is 12.8. The number of ether oxygens (including phenoxy) is 2. The van der Waals surface area contributed by atoms with Crippen molar-refractivity contribution in [2.45, 2.75) is 13.3 Å². The van der Waals surface area contributed by atoms with Crippen LogP contribution in [0.2, 0.25) is 0 Å². The van der Waals surface area contributed by atoms with E-state index < -0.39 is 0 Å². The summed E-state index contributed by atoms with van der Waals surface area (Å²) < 4.78 is 10.6. The number of nitrogens with zero attached hydrogens (tertiary/aromatic N) is 4. The number of rotatable bonds is 6. The van der Waals surface area contributed by atoms with Crippen molar-refractivity contribution in [1.29, 1.82) is 0 Å². The lowest BCUT2D eigenvalue weighted by Gasteiger charge is -2.35. The maximum Gasteiger partial charge on any atom is 0.227 e. The number of amides is 1. The maximum atomic E-state index is 12.8. The predicted octanol–water partition coefficient (Wildman–Crippen LogP) is 3.42. The van der Waals surface area contributed by atoms with E-state index in [0.717, 1.165) is 40.7 Å². The van der Waals surface area contributed by atoms with E-state index in [9.17, 15) is 4.79 Å². The number of benzene rings is 1. The number of thiazole rings is 1. The van der Waals surface area contributed by atoms with E-state index in [1.165, 1.54) is 0 Å². The van der Waals surface area contributed by atoms with E-state index in [4.69, 9.17) is 9.47 Å². The third-order valence-corrected chi connectivity index (χ3v) is 6.38. The van der Waals surface area contributed by atoms with Crippen molar-refractivity contribution in [3.63, 3.8) is 0 Å². The van der Waals surface area contributed by atoms with Gasteiger partial charge < -0.3 is 19.3 Å². The first-order chi connectivity index (χ1) is 15.1. The molecular formula is C23H26N4O3S. The fourth-order valence-corrected chi connectivity index (χ4v) is 4.44. The molecule has 1 amide bonds. The number of pyridine rings is 1. The summed E-state index contributed by atoms with van der Waals surface area (Å²) in [6, 6.07) is 9.71. The number of aromatic nitrogens is 2. The fraction of sp³-hybridized carbons (Fsp3) is 0.348. The second-order valence-corrected chi connectivity index (χ2v) is 8.29. The first-order valence-corrected chi connectivity index (χ1v) is 11.1. The van der Waals surface area contributed by atoms with E-state index in [1.54, 1.807) is 25.6 Å². The Morgan fingerprint density at radius 2 is 1.84 bits per heavy atom. The molecule has 0 saturated carbocycles. The number of piperazine rings is 1. The Balaban J connectivity index is 1.33. The third-order valence-electron chi connectivity index (χ3n) is 5.37. The second-order valence-electron chi connectivity index (χ2n) is 7.43. The Kier molecular flexibility index (Phi) is 6.36. The van der Waals surface area contributed by atoms with Crippen LogP contribution >= 0.6 is 11.3 Å². The van der Waals surface area contributed by atoms with Crippen LogP contribution in [-0.2, 0) is 11.2 Å². The van der Waals surface area contributed by atoms with Crippen LogP contribution < -0.4 is 14.4 Å². The van der Waals surface area contributed by atoms with Crippen molar-refractivity contribution in [1.82, 2.24) is 14.9 Å². The molecule has 7 nitrogen and oxygen atoms in total. The summed E-state index contributed by atoms with van der Waals surface area (Å²) in [4.78, 5) is 26.1. The summed E-state index contributed by atoms with van der Waals surface area (Å²) in [6.45, 7) is 4.89. The molecule has 1 saturated heterocycles. The molecule has 4 rings (SSSR count). The zero-order valence-corrected chi connectivity index (χ0v) is 18.8. The van der Waals surface area contributed by atoms with Gasteiger partial charge in [0.05, 0.1) is 20.6 Å². The number of methoxy groups -OCH3 is 2. The molecule has 1 fully saturated rings. The molecule has 0 unspecified atom stereocenters. The van der Waals surface area contributed by atoms with E-state index in [0.29, 0.717) is 31.0 Å². The Morgan fingerprint density at radius 1 is 1.06 bits per heavy atom. The first-order valence-electron chi connectivity index (χ1n) is 10.2. The van der Waals surface area contributed by atoms with Crippen LogP contribution in [0.3, 0.4) is 0 Å². The number of aryl methyl sites for hydroxylation is 1.